The minimum absolute atomic E-state index is 0.149. The van der Waals surface area contributed by atoms with Gasteiger partial charge < -0.3 is 0 Å². The number of alkyl halides is 6. The fraction of sp³-hybridized carbons (Fsp3) is 0.235. The standard InChI is InChI=1S/C17H11F6N5O3/c1-9-6-10(2-5-14(9)28(30)31)8-26-15(29)27(25-24-26)11-3-4-12(16(18,19)20)13(7-11)17(21,22)23/h2-7H,8H2,1H3. The van der Waals surface area contributed by atoms with Crippen molar-refractivity contribution >= 4 is 5.69 Å². The van der Waals surface area contributed by atoms with E-state index in [9.17, 15) is 41.3 Å². The summed E-state index contributed by atoms with van der Waals surface area (Å²) >= 11 is 0. The van der Waals surface area contributed by atoms with E-state index >= 15 is 0 Å². The highest BCUT2D eigenvalue weighted by Gasteiger charge is 2.43. The molecule has 0 unspecified atom stereocenters. The molecule has 2 aromatic carbocycles. The van der Waals surface area contributed by atoms with Crippen molar-refractivity contribution < 1.29 is 31.3 Å². The second kappa shape index (κ2) is 7.52. The highest BCUT2D eigenvalue weighted by atomic mass is 19.4. The third-order valence-electron chi connectivity index (χ3n) is 4.29. The lowest BCUT2D eigenvalue weighted by Crippen LogP contribution is -2.25. The number of nitro benzene ring substituents is 1. The van der Waals surface area contributed by atoms with Crippen molar-refractivity contribution in [1.29, 1.82) is 0 Å². The molecule has 3 rings (SSSR count). The van der Waals surface area contributed by atoms with Crippen molar-refractivity contribution in [2.75, 3.05) is 0 Å². The minimum Gasteiger partial charge on any atom is -0.258 e. The van der Waals surface area contributed by atoms with Crippen molar-refractivity contribution in [3.05, 3.63) is 79.3 Å². The molecular weight excluding hydrogens is 436 g/mol. The van der Waals surface area contributed by atoms with E-state index in [1.807, 2.05) is 0 Å². The maximum Gasteiger partial charge on any atom is 0.417 e. The van der Waals surface area contributed by atoms with Crippen molar-refractivity contribution in [3.8, 4) is 5.69 Å². The van der Waals surface area contributed by atoms with Gasteiger partial charge in [-0.15, -0.1) is 0 Å². The maximum absolute atomic E-state index is 13.1. The molecule has 1 heterocycles. The average molecular weight is 447 g/mol. The molecule has 164 valence electrons. The third-order valence-corrected chi connectivity index (χ3v) is 4.29. The summed E-state index contributed by atoms with van der Waals surface area (Å²) in [5.74, 6) is 0. The Morgan fingerprint density at radius 3 is 2.16 bits per heavy atom. The summed E-state index contributed by atoms with van der Waals surface area (Å²) in [7, 11) is 0. The van der Waals surface area contributed by atoms with Crippen molar-refractivity contribution in [2.24, 2.45) is 0 Å². The first-order valence-electron chi connectivity index (χ1n) is 8.34. The summed E-state index contributed by atoms with van der Waals surface area (Å²) < 4.78 is 79.3. The molecule has 0 aliphatic carbocycles. The highest BCUT2D eigenvalue weighted by molar-refractivity contribution is 5.43. The number of rotatable bonds is 4. The summed E-state index contributed by atoms with van der Waals surface area (Å²) in [4.78, 5) is 22.7. The first-order valence-corrected chi connectivity index (χ1v) is 8.34. The molecule has 0 saturated carbocycles. The number of aromatic nitrogens is 4. The van der Waals surface area contributed by atoms with Crippen LogP contribution in [0.1, 0.15) is 22.3 Å². The molecule has 3 aromatic rings. The maximum atomic E-state index is 13.1. The minimum atomic E-state index is -5.32. The van der Waals surface area contributed by atoms with E-state index in [4.69, 9.17) is 0 Å². The summed E-state index contributed by atoms with van der Waals surface area (Å²) in [6, 6.07) is 5.04. The van der Waals surface area contributed by atoms with Crippen LogP contribution >= 0.6 is 0 Å². The van der Waals surface area contributed by atoms with Crippen LogP contribution in [0.4, 0.5) is 32.0 Å². The van der Waals surface area contributed by atoms with E-state index in [0.29, 0.717) is 21.9 Å². The normalized spacial score (nSPS) is 12.2. The van der Waals surface area contributed by atoms with Crippen LogP contribution in [0.5, 0.6) is 0 Å². The van der Waals surface area contributed by atoms with Crippen LogP contribution in [0.3, 0.4) is 0 Å². The molecule has 0 bridgehead atoms. The Balaban J connectivity index is 1.99. The zero-order valence-corrected chi connectivity index (χ0v) is 15.4. The highest BCUT2D eigenvalue weighted by Crippen LogP contribution is 2.40. The van der Waals surface area contributed by atoms with Crippen molar-refractivity contribution in [1.82, 2.24) is 19.8 Å². The number of halogens is 6. The molecule has 14 heteroatoms. The van der Waals surface area contributed by atoms with Crippen LogP contribution in [-0.2, 0) is 18.9 Å². The van der Waals surface area contributed by atoms with Crippen LogP contribution in [-0.4, -0.2) is 24.7 Å². The van der Waals surface area contributed by atoms with Crippen LogP contribution in [0.25, 0.3) is 5.69 Å². The van der Waals surface area contributed by atoms with Crippen LogP contribution < -0.4 is 5.69 Å². The molecule has 0 fully saturated rings. The van der Waals surface area contributed by atoms with Gasteiger partial charge in [0.1, 0.15) is 0 Å². The summed E-state index contributed by atoms with van der Waals surface area (Å²) in [6.45, 7) is 1.26. The number of tetrazole rings is 1. The first-order chi connectivity index (χ1) is 14.3. The topological polar surface area (TPSA) is 95.8 Å². The Morgan fingerprint density at radius 1 is 0.968 bits per heavy atom. The Hall–Kier alpha value is -3.71. The SMILES string of the molecule is Cc1cc(Cn2nnn(-c3ccc(C(F)(F)F)c(C(F)(F)F)c3)c2=O)ccc1[N+](=O)[O-]. The lowest BCUT2D eigenvalue weighted by Gasteiger charge is -2.16. The number of hydrogen-bond acceptors (Lipinski definition) is 5. The van der Waals surface area contributed by atoms with E-state index in [1.54, 1.807) is 0 Å². The van der Waals surface area contributed by atoms with Gasteiger partial charge in [-0.05, 0) is 47.2 Å². The van der Waals surface area contributed by atoms with Gasteiger partial charge in [-0.2, -0.15) is 35.7 Å². The number of aryl methyl sites for hydroxylation is 1. The van der Waals surface area contributed by atoms with E-state index in [-0.39, 0.29) is 24.4 Å². The first kappa shape index (κ1) is 22.0. The molecule has 8 nitrogen and oxygen atoms in total. The van der Waals surface area contributed by atoms with Gasteiger partial charge in [-0.1, -0.05) is 6.07 Å². The van der Waals surface area contributed by atoms with Crippen molar-refractivity contribution in [3.63, 3.8) is 0 Å². The molecule has 0 aliphatic heterocycles. The smallest absolute Gasteiger partial charge is 0.258 e. The Morgan fingerprint density at radius 2 is 1.61 bits per heavy atom. The predicted molar refractivity (Wildman–Crippen MR) is 92.6 cm³/mol. The van der Waals surface area contributed by atoms with Gasteiger partial charge in [0, 0.05) is 11.6 Å². The summed E-state index contributed by atoms with van der Waals surface area (Å²) in [5.41, 5.74) is -4.86. The fourth-order valence-corrected chi connectivity index (χ4v) is 2.87. The van der Waals surface area contributed by atoms with E-state index in [1.165, 1.54) is 25.1 Å². The second-order valence-electron chi connectivity index (χ2n) is 6.43. The van der Waals surface area contributed by atoms with Gasteiger partial charge in [0.05, 0.1) is 28.3 Å². The molecule has 0 amide bonds. The molecule has 31 heavy (non-hydrogen) atoms. The molecule has 0 N–H and O–H groups in total. The average Bonchev–Trinajstić information content (AvgIpc) is 3.00. The van der Waals surface area contributed by atoms with Gasteiger partial charge in [0.2, 0.25) is 0 Å². The van der Waals surface area contributed by atoms with Gasteiger partial charge in [0.15, 0.2) is 0 Å². The Labute approximate surface area is 168 Å². The number of nitro groups is 1. The predicted octanol–water partition coefficient (Wildman–Crippen LogP) is 3.73. The summed E-state index contributed by atoms with van der Waals surface area (Å²) in [6.07, 6.45) is -10.6. The second-order valence-corrected chi connectivity index (χ2v) is 6.43. The lowest BCUT2D eigenvalue weighted by atomic mass is 10.1. The molecule has 0 atom stereocenters. The van der Waals surface area contributed by atoms with Crippen molar-refractivity contribution in [2.45, 2.75) is 25.8 Å². The Bertz CT molecular complexity index is 1210. The van der Waals surface area contributed by atoms with E-state index in [0.717, 1.165) is 4.68 Å². The van der Waals surface area contributed by atoms with Gasteiger partial charge in [-0.3, -0.25) is 10.1 Å². The Kier molecular flexibility index (Phi) is 5.33. The van der Waals surface area contributed by atoms with E-state index < -0.39 is 39.8 Å². The lowest BCUT2D eigenvalue weighted by molar-refractivity contribution is -0.385. The molecule has 0 radical (unpaired) electrons. The van der Waals surface area contributed by atoms with Gasteiger partial charge >= 0.3 is 18.0 Å². The summed E-state index contributed by atoms with van der Waals surface area (Å²) in [5, 5.41) is 17.8. The van der Waals surface area contributed by atoms with Crippen LogP contribution in [0.15, 0.2) is 41.2 Å². The molecule has 0 saturated heterocycles. The molecular formula is C17H11F6N5O3. The fourth-order valence-electron chi connectivity index (χ4n) is 2.87. The third kappa shape index (κ3) is 4.41. The van der Waals surface area contributed by atoms with Gasteiger partial charge in [-0.25, -0.2) is 4.79 Å². The zero-order chi connectivity index (χ0) is 23.1. The number of benzene rings is 2. The molecule has 0 spiro atoms. The molecule has 0 aliphatic rings. The van der Waals surface area contributed by atoms with E-state index in [2.05, 4.69) is 10.4 Å². The zero-order valence-electron chi connectivity index (χ0n) is 15.4. The number of hydrogen-bond donors (Lipinski definition) is 0. The largest absolute Gasteiger partial charge is 0.417 e. The van der Waals surface area contributed by atoms with Crippen LogP contribution in [0, 0.1) is 17.0 Å². The number of nitrogens with zero attached hydrogens (tertiary/aromatic N) is 5. The molecule has 1 aromatic heterocycles. The van der Waals surface area contributed by atoms with Gasteiger partial charge in [0.25, 0.3) is 5.69 Å². The van der Waals surface area contributed by atoms with Crippen LogP contribution in [0.2, 0.25) is 0 Å². The monoisotopic (exact) mass is 447 g/mol. The quantitative estimate of drug-likeness (QED) is 0.345.